The fraction of sp³-hybridized carbons (Fsp3) is 0.200. The first-order valence-electron chi connectivity index (χ1n) is 6.35. The number of nitro benzene ring substituents is 1. The van der Waals surface area contributed by atoms with E-state index in [-0.39, 0.29) is 17.4 Å². The van der Waals surface area contributed by atoms with E-state index >= 15 is 0 Å². The van der Waals surface area contributed by atoms with Crippen LogP contribution in [0.4, 0.5) is 15.8 Å². The number of anilines is 1. The van der Waals surface area contributed by atoms with Crippen LogP contribution in [0.5, 0.6) is 0 Å². The van der Waals surface area contributed by atoms with E-state index in [4.69, 9.17) is 11.6 Å². The van der Waals surface area contributed by atoms with Crippen molar-refractivity contribution in [3.05, 3.63) is 68.5 Å². The number of nitro groups is 1. The molecule has 0 aliphatic rings. The number of rotatable bonds is 4. The lowest BCUT2D eigenvalue weighted by Crippen LogP contribution is -2.08. The summed E-state index contributed by atoms with van der Waals surface area (Å²) >= 11 is 5.84. The van der Waals surface area contributed by atoms with Crippen molar-refractivity contribution in [2.75, 3.05) is 5.32 Å². The molecule has 0 fully saturated rings. The van der Waals surface area contributed by atoms with Crippen LogP contribution < -0.4 is 5.32 Å². The predicted molar refractivity (Wildman–Crippen MR) is 81.3 cm³/mol. The molecule has 110 valence electrons. The zero-order chi connectivity index (χ0) is 15.6. The van der Waals surface area contributed by atoms with E-state index in [1.54, 1.807) is 26.0 Å². The molecule has 21 heavy (non-hydrogen) atoms. The number of aryl methyl sites for hydroxylation is 1. The SMILES string of the molecule is Cc1ccc(C(C)Nc2cc(Cl)ccc2F)cc1[N+](=O)[O-]. The van der Waals surface area contributed by atoms with Crippen molar-refractivity contribution in [1.82, 2.24) is 0 Å². The third kappa shape index (κ3) is 3.49. The van der Waals surface area contributed by atoms with Gasteiger partial charge in [0.1, 0.15) is 5.82 Å². The van der Waals surface area contributed by atoms with Crippen molar-refractivity contribution in [3.63, 3.8) is 0 Å². The quantitative estimate of drug-likeness (QED) is 0.647. The highest BCUT2D eigenvalue weighted by molar-refractivity contribution is 6.30. The lowest BCUT2D eigenvalue weighted by molar-refractivity contribution is -0.385. The van der Waals surface area contributed by atoms with Gasteiger partial charge in [0, 0.05) is 22.7 Å². The highest BCUT2D eigenvalue weighted by Crippen LogP contribution is 2.27. The number of hydrogen-bond donors (Lipinski definition) is 1. The average molecular weight is 309 g/mol. The van der Waals surface area contributed by atoms with Crippen molar-refractivity contribution in [3.8, 4) is 0 Å². The molecule has 0 spiro atoms. The third-order valence-corrected chi connectivity index (χ3v) is 3.47. The summed E-state index contributed by atoms with van der Waals surface area (Å²) in [4.78, 5) is 10.5. The van der Waals surface area contributed by atoms with Gasteiger partial charge >= 0.3 is 0 Å². The highest BCUT2D eigenvalue weighted by atomic mass is 35.5. The molecule has 6 heteroatoms. The van der Waals surface area contributed by atoms with E-state index < -0.39 is 10.7 Å². The van der Waals surface area contributed by atoms with Crippen molar-refractivity contribution in [2.45, 2.75) is 19.9 Å². The lowest BCUT2D eigenvalue weighted by atomic mass is 10.0. The van der Waals surface area contributed by atoms with Gasteiger partial charge in [0.25, 0.3) is 5.69 Å². The second-order valence-electron chi connectivity index (χ2n) is 4.79. The molecule has 2 aromatic carbocycles. The Morgan fingerprint density at radius 2 is 2.00 bits per heavy atom. The van der Waals surface area contributed by atoms with Gasteiger partial charge < -0.3 is 5.32 Å². The highest BCUT2D eigenvalue weighted by Gasteiger charge is 2.15. The van der Waals surface area contributed by atoms with Crippen LogP contribution in [0, 0.1) is 22.9 Å². The van der Waals surface area contributed by atoms with Crippen molar-refractivity contribution >= 4 is 23.0 Å². The standard InChI is InChI=1S/C15H14ClFN2O2/c1-9-3-4-11(7-15(9)19(20)21)10(2)18-14-8-12(16)5-6-13(14)17/h3-8,10,18H,1-2H3. The first kappa shape index (κ1) is 15.3. The molecule has 1 unspecified atom stereocenters. The molecule has 2 aromatic rings. The minimum absolute atomic E-state index is 0.0488. The van der Waals surface area contributed by atoms with Gasteiger partial charge in [0.2, 0.25) is 0 Å². The zero-order valence-corrected chi connectivity index (χ0v) is 12.3. The predicted octanol–water partition coefficient (Wildman–Crippen LogP) is 4.87. The van der Waals surface area contributed by atoms with Gasteiger partial charge in [-0.1, -0.05) is 23.7 Å². The maximum absolute atomic E-state index is 13.7. The molecular formula is C15H14ClFN2O2. The van der Waals surface area contributed by atoms with Crippen LogP contribution in [0.3, 0.4) is 0 Å². The monoisotopic (exact) mass is 308 g/mol. The van der Waals surface area contributed by atoms with Crippen LogP contribution in [-0.4, -0.2) is 4.92 Å². The van der Waals surface area contributed by atoms with Gasteiger partial charge in [-0.25, -0.2) is 4.39 Å². The second kappa shape index (κ2) is 6.10. The summed E-state index contributed by atoms with van der Waals surface area (Å²) in [7, 11) is 0. The summed E-state index contributed by atoms with van der Waals surface area (Å²) in [6.45, 7) is 3.48. The Kier molecular flexibility index (Phi) is 4.43. The summed E-state index contributed by atoms with van der Waals surface area (Å²) in [6.07, 6.45) is 0. The Balaban J connectivity index is 2.28. The fourth-order valence-corrected chi connectivity index (χ4v) is 2.19. The molecule has 1 atom stereocenters. The van der Waals surface area contributed by atoms with Gasteiger partial charge in [-0.3, -0.25) is 10.1 Å². The molecule has 0 aromatic heterocycles. The molecule has 0 saturated carbocycles. The van der Waals surface area contributed by atoms with Gasteiger partial charge in [0.05, 0.1) is 10.6 Å². The smallest absolute Gasteiger partial charge is 0.272 e. The second-order valence-corrected chi connectivity index (χ2v) is 5.23. The molecule has 2 rings (SSSR count). The van der Waals surface area contributed by atoms with Crippen LogP contribution in [0.15, 0.2) is 36.4 Å². The Bertz CT molecular complexity index is 691. The summed E-state index contributed by atoms with van der Waals surface area (Å²) in [5.74, 6) is -0.423. The minimum atomic E-state index is -0.425. The Labute approximate surface area is 126 Å². The number of nitrogens with zero attached hydrogens (tertiary/aromatic N) is 1. The maximum atomic E-state index is 13.7. The van der Waals surface area contributed by atoms with Crippen LogP contribution in [0.2, 0.25) is 5.02 Å². The van der Waals surface area contributed by atoms with E-state index in [1.807, 2.05) is 0 Å². The molecule has 0 bridgehead atoms. The maximum Gasteiger partial charge on any atom is 0.272 e. The molecule has 0 amide bonds. The van der Waals surface area contributed by atoms with Crippen molar-refractivity contribution in [1.29, 1.82) is 0 Å². The van der Waals surface area contributed by atoms with E-state index in [2.05, 4.69) is 5.32 Å². The molecule has 1 N–H and O–H groups in total. The van der Waals surface area contributed by atoms with Crippen LogP contribution in [-0.2, 0) is 0 Å². The molecule has 0 aliphatic carbocycles. The van der Waals surface area contributed by atoms with E-state index in [9.17, 15) is 14.5 Å². The van der Waals surface area contributed by atoms with E-state index in [0.717, 1.165) is 0 Å². The Morgan fingerprint density at radius 3 is 2.67 bits per heavy atom. The van der Waals surface area contributed by atoms with E-state index in [1.165, 1.54) is 24.3 Å². The van der Waals surface area contributed by atoms with Gasteiger partial charge in [-0.2, -0.15) is 0 Å². The largest absolute Gasteiger partial charge is 0.376 e. The molecule has 0 saturated heterocycles. The molecule has 0 radical (unpaired) electrons. The summed E-state index contributed by atoms with van der Waals surface area (Å²) in [5, 5.41) is 14.3. The number of halogens is 2. The van der Waals surface area contributed by atoms with Gasteiger partial charge in [-0.15, -0.1) is 0 Å². The number of hydrogen-bond acceptors (Lipinski definition) is 3. The van der Waals surface area contributed by atoms with Crippen LogP contribution >= 0.6 is 11.6 Å². The summed E-state index contributed by atoms with van der Waals surface area (Å²) < 4.78 is 13.7. The molecule has 4 nitrogen and oxygen atoms in total. The topological polar surface area (TPSA) is 55.2 Å². The van der Waals surface area contributed by atoms with Crippen LogP contribution in [0.1, 0.15) is 24.1 Å². The van der Waals surface area contributed by atoms with Crippen molar-refractivity contribution in [2.24, 2.45) is 0 Å². The average Bonchev–Trinajstić information content (AvgIpc) is 2.43. The van der Waals surface area contributed by atoms with Gasteiger partial charge in [-0.05, 0) is 37.6 Å². The van der Waals surface area contributed by atoms with Crippen LogP contribution in [0.25, 0.3) is 0 Å². The zero-order valence-electron chi connectivity index (χ0n) is 11.6. The first-order valence-corrected chi connectivity index (χ1v) is 6.73. The minimum Gasteiger partial charge on any atom is -0.376 e. The molecule has 0 heterocycles. The third-order valence-electron chi connectivity index (χ3n) is 3.23. The normalized spacial score (nSPS) is 12.0. The Hall–Kier alpha value is -2.14. The lowest BCUT2D eigenvalue weighted by Gasteiger charge is -2.16. The summed E-state index contributed by atoms with van der Waals surface area (Å²) in [5.41, 5.74) is 1.60. The summed E-state index contributed by atoms with van der Waals surface area (Å²) in [6, 6.07) is 8.88. The molecule has 0 aliphatic heterocycles. The van der Waals surface area contributed by atoms with Crippen molar-refractivity contribution < 1.29 is 9.31 Å². The van der Waals surface area contributed by atoms with Gasteiger partial charge in [0.15, 0.2) is 0 Å². The number of nitrogens with one attached hydrogen (secondary N) is 1. The van der Waals surface area contributed by atoms with E-state index in [0.29, 0.717) is 16.1 Å². The number of benzene rings is 2. The molecular weight excluding hydrogens is 295 g/mol. The Morgan fingerprint density at radius 1 is 1.29 bits per heavy atom. The fourth-order valence-electron chi connectivity index (χ4n) is 2.02. The first-order chi connectivity index (χ1) is 9.88.